The minimum Gasteiger partial charge on any atom is -0.489 e. The van der Waals surface area contributed by atoms with Gasteiger partial charge >= 0.3 is 0 Å². The summed E-state index contributed by atoms with van der Waals surface area (Å²) in [6.45, 7) is 2.42. The van der Waals surface area contributed by atoms with E-state index < -0.39 is 0 Å². The summed E-state index contributed by atoms with van der Waals surface area (Å²) < 4.78 is 6.25. The van der Waals surface area contributed by atoms with Crippen molar-refractivity contribution in [2.45, 2.75) is 108 Å². The fourth-order valence-electron chi connectivity index (χ4n) is 12.1. The van der Waals surface area contributed by atoms with Crippen molar-refractivity contribution in [1.29, 1.82) is 0 Å². The summed E-state index contributed by atoms with van der Waals surface area (Å²) in [6.07, 6.45) is 19.3. The zero-order chi connectivity index (χ0) is 31.7. The molecule has 2 aromatic heterocycles. The first-order valence-corrected chi connectivity index (χ1v) is 19.8. The molecule has 2 aromatic carbocycles. The van der Waals surface area contributed by atoms with Gasteiger partial charge in [-0.25, -0.2) is 4.98 Å². The minimum absolute atomic E-state index is 0.368. The molecule has 8 aliphatic carbocycles. The predicted molar refractivity (Wildman–Crippen MR) is 194 cm³/mol. The monoisotopic (exact) mass is 658 g/mol. The van der Waals surface area contributed by atoms with Crippen molar-refractivity contribution in [2.24, 2.45) is 35.5 Å². The molecule has 0 saturated heterocycles. The molecule has 0 spiro atoms. The lowest BCUT2D eigenvalue weighted by molar-refractivity contribution is -0.0208. The van der Waals surface area contributed by atoms with Crippen molar-refractivity contribution >= 4 is 11.3 Å². The number of hydrogen-bond donors (Lipinski definition) is 3. The molecule has 12 rings (SSSR count). The maximum Gasteiger partial charge on any atom is 0.137 e. The molecule has 0 radical (unpaired) electrons. The highest BCUT2D eigenvalue weighted by Gasteiger charge is 2.51. The lowest BCUT2D eigenvalue weighted by Gasteiger charge is -2.57. The summed E-state index contributed by atoms with van der Waals surface area (Å²) >= 11 is 1.93. The predicted octanol–water partition coefficient (Wildman–Crippen LogP) is 9.50. The summed E-state index contributed by atoms with van der Waals surface area (Å²) in [4.78, 5) is 11.2. The van der Waals surface area contributed by atoms with Crippen LogP contribution in [0.4, 0.5) is 0 Å². The Balaban J connectivity index is 0.731. The second-order valence-corrected chi connectivity index (χ2v) is 18.3. The molecule has 8 fully saturated rings. The van der Waals surface area contributed by atoms with E-state index in [9.17, 15) is 0 Å². The Morgan fingerprint density at radius 2 is 1.29 bits per heavy atom. The van der Waals surface area contributed by atoms with Gasteiger partial charge in [0.15, 0.2) is 0 Å². The molecule has 0 unspecified atom stereocenters. The molecule has 8 saturated carbocycles. The Hall–Kier alpha value is -2.93. The third-order valence-corrected chi connectivity index (χ3v) is 14.5. The second kappa shape index (κ2) is 11.8. The average molecular weight is 659 g/mol. The number of rotatable bonds is 11. The summed E-state index contributed by atoms with van der Waals surface area (Å²) in [5.74, 6) is 7.68. The number of ether oxygens (including phenoxy) is 1. The van der Waals surface area contributed by atoms with Crippen LogP contribution >= 0.6 is 11.3 Å². The third kappa shape index (κ3) is 5.86. The summed E-state index contributed by atoms with van der Waals surface area (Å²) in [6, 6.07) is 21.8. The van der Waals surface area contributed by atoms with Gasteiger partial charge in [0, 0.05) is 51.4 Å². The Bertz CT molecular complexity index is 1700. The Labute approximate surface area is 289 Å². The molecule has 3 N–H and O–H groups in total. The highest BCUT2D eigenvalue weighted by atomic mass is 32.1. The smallest absolute Gasteiger partial charge is 0.137 e. The van der Waals surface area contributed by atoms with E-state index in [0.717, 1.165) is 71.3 Å². The van der Waals surface area contributed by atoms with Gasteiger partial charge in [0.2, 0.25) is 0 Å². The van der Waals surface area contributed by atoms with Crippen molar-refractivity contribution in [2.75, 3.05) is 0 Å². The van der Waals surface area contributed by atoms with Crippen LogP contribution in [0.15, 0.2) is 66.9 Å². The van der Waals surface area contributed by atoms with E-state index in [2.05, 4.69) is 76.3 Å². The fraction of sp³-hybridized carbons (Fsp3) is 0.548. The first kappa shape index (κ1) is 29.9. The van der Waals surface area contributed by atoms with Gasteiger partial charge in [-0.2, -0.15) is 0 Å². The van der Waals surface area contributed by atoms with E-state index in [1.807, 2.05) is 17.5 Å². The van der Waals surface area contributed by atoms with Gasteiger partial charge in [0.1, 0.15) is 18.2 Å². The Morgan fingerprint density at radius 3 is 1.92 bits per heavy atom. The van der Waals surface area contributed by atoms with Gasteiger partial charge in [-0.1, -0.05) is 18.2 Å². The summed E-state index contributed by atoms with van der Waals surface area (Å²) in [5.41, 5.74) is 5.49. The molecular weight excluding hydrogens is 609 g/mol. The van der Waals surface area contributed by atoms with Crippen molar-refractivity contribution in [3.05, 3.63) is 83.0 Å². The highest BCUT2D eigenvalue weighted by Crippen LogP contribution is 2.57. The van der Waals surface area contributed by atoms with Crippen LogP contribution in [0, 0.1) is 35.5 Å². The maximum atomic E-state index is 6.25. The Morgan fingerprint density at radius 1 is 0.688 bits per heavy atom. The molecule has 6 heteroatoms. The zero-order valence-electron chi connectivity index (χ0n) is 28.2. The summed E-state index contributed by atoms with van der Waals surface area (Å²) in [7, 11) is 0. The topological polar surface area (TPSA) is 62.0 Å². The normalized spacial score (nSPS) is 34.2. The number of aromatic nitrogens is 2. The standard InChI is InChI=1S/C42H50N4OS/c1-2-27(16-35(3-1)40-43-23-36(46-40)24-44-41-17-28-10-29(18-41)12-30(11-28)19-41)26-47-37-6-4-34(5-7-37)39-9-8-38(48-39)25-45-42-20-31-13-32(21-42)15-33(14-31)22-42/h1-9,16,23,28-33,44-45H,10-15,17-22,24-26H2,(H,43,46). The van der Waals surface area contributed by atoms with Gasteiger partial charge in [-0.15, -0.1) is 11.3 Å². The molecule has 2 heterocycles. The van der Waals surface area contributed by atoms with Gasteiger partial charge in [0.05, 0.1) is 0 Å². The largest absolute Gasteiger partial charge is 0.489 e. The third-order valence-electron chi connectivity index (χ3n) is 13.4. The molecule has 250 valence electrons. The number of hydrogen-bond acceptors (Lipinski definition) is 5. The molecule has 48 heavy (non-hydrogen) atoms. The average Bonchev–Trinajstić information content (AvgIpc) is 3.76. The van der Waals surface area contributed by atoms with Crippen molar-refractivity contribution in [3.63, 3.8) is 0 Å². The number of nitrogens with zero attached hydrogens (tertiary/aromatic N) is 1. The first-order chi connectivity index (χ1) is 23.5. The second-order valence-electron chi connectivity index (χ2n) is 17.1. The van der Waals surface area contributed by atoms with Crippen molar-refractivity contribution in [3.8, 4) is 27.6 Å². The van der Waals surface area contributed by atoms with E-state index in [1.165, 1.54) is 98.1 Å². The maximum absolute atomic E-state index is 6.25. The van der Waals surface area contributed by atoms with Gasteiger partial charge < -0.3 is 20.4 Å². The lowest BCUT2D eigenvalue weighted by atomic mass is 9.53. The quantitative estimate of drug-likeness (QED) is 0.150. The van der Waals surface area contributed by atoms with Crippen LogP contribution in [0.25, 0.3) is 21.8 Å². The fourth-order valence-corrected chi connectivity index (χ4v) is 13.1. The van der Waals surface area contributed by atoms with Crippen LogP contribution in [0.5, 0.6) is 5.75 Å². The molecule has 4 aromatic rings. The zero-order valence-corrected chi connectivity index (χ0v) is 29.0. The van der Waals surface area contributed by atoms with Crippen LogP contribution < -0.4 is 15.4 Å². The SMILES string of the molecule is c1cc(COc2ccc(-c3ccc(CNC45CC6CC(CC(C6)C4)C5)s3)cc2)cc(-c2ncc(CNC34CC5CC(CC(C5)C3)C4)[nH]2)c1. The minimum atomic E-state index is 0.368. The van der Waals surface area contributed by atoms with Gasteiger partial charge in [-0.05, 0) is 166 Å². The molecule has 5 nitrogen and oxygen atoms in total. The van der Waals surface area contributed by atoms with Crippen LogP contribution in [-0.4, -0.2) is 21.0 Å². The van der Waals surface area contributed by atoms with E-state index >= 15 is 0 Å². The van der Waals surface area contributed by atoms with Crippen molar-refractivity contribution < 1.29 is 4.74 Å². The van der Waals surface area contributed by atoms with E-state index in [0.29, 0.717) is 17.7 Å². The number of nitrogens with one attached hydrogen (secondary N) is 3. The number of thiophene rings is 1. The number of H-pyrrole nitrogens is 1. The molecule has 0 atom stereocenters. The number of benzene rings is 2. The highest BCUT2D eigenvalue weighted by molar-refractivity contribution is 7.15. The molecule has 0 amide bonds. The van der Waals surface area contributed by atoms with Crippen LogP contribution in [0.2, 0.25) is 0 Å². The van der Waals surface area contributed by atoms with Crippen molar-refractivity contribution in [1.82, 2.24) is 20.6 Å². The molecular formula is C42H50N4OS. The van der Waals surface area contributed by atoms with Crippen LogP contribution in [0.1, 0.15) is 93.2 Å². The van der Waals surface area contributed by atoms with Crippen LogP contribution in [-0.2, 0) is 19.7 Å². The first-order valence-electron chi connectivity index (χ1n) is 19.0. The van der Waals surface area contributed by atoms with Gasteiger partial charge in [-0.3, -0.25) is 0 Å². The van der Waals surface area contributed by atoms with E-state index in [1.54, 1.807) is 0 Å². The van der Waals surface area contributed by atoms with Gasteiger partial charge in [0.25, 0.3) is 0 Å². The number of imidazole rings is 1. The molecule has 8 bridgehead atoms. The number of aromatic amines is 1. The summed E-state index contributed by atoms with van der Waals surface area (Å²) in [5, 5.41) is 8.08. The molecule has 0 aliphatic heterocycles. The Kier molecular flexibility index (Phi) is 7.39. The lowest BCUT2D eigenvalue weighted by Crippen LogP contribution is -2.58. The van der Waals surface area contributed by atoms with E-state index in [4.69, 9.17) is 9.72 Å². The van der Waals surface area contributed by atoms with Crippen LogP contribution in [0.3, 0.4) is 0 Å². The van der Waals surface area contributed by atoms with E-state index in [-0.39, 0.29) is 0 Å². The molecule has 8 aliphatic rings.